The summed E-state index contributed by atoms with van der Waals surface area (Å²) in [5, 5.41) is 11.7. The number of halogens is 1. The van der Waals surface area contributed by atoms with Crippen LogP contribution in [0.1, 0.15) is 20.3 Å². The maximum absolute atomic E-state index is 12.3. The van der Waals surface area contributed by atoms with Gasteiger partial charge in [-0.15, -0.1) is 0 Å². The van der Waals surface area contributed by atoms with Crippen molar-refractivity contribution in [3.05, 3.63) is 28.7 Å². The number of nitrogens with zero attached hydrogens (tertiary/aromatic N) is 1. The molecule has 0 spiro atoms. The zero-order valence-electron chi connectivity index (χ0n) is 13.0. The number of carboxylic acids is 1. The minimum absolute atomic E-state index is 0.0810. The zero-order chi connectivity index (χ0) is 17.1. The smallest absolute Gasteiger partial charge is 0.326 e. The van der Waals surface area contributed by atoms with E-state index in [1.54, 1.807) is 24.8 Å². The number of carboxylic acid groups (broad SMARTS) is 1. The number of hydrogen-bond donors (Lipinski definition) is 2. The Hall–Kier alpha value is -1.89. The first-order valence-electron chi connectivity index (χ1n) is 7.39. The fraction of sp³-hybridized carbons (Fsp3) is 0.438. The molecule has 0 radical (unpaired) electrons. The summed E-state index contributed by atoms with van der Waals surface area (Å²) in [6, 6.07) is 6.35. The molecule has 124 valence electrons. The summed E-state index contributed by atoms with van der Waals surface area (Å²) in [6.07, 6.45) is 0.0810. The third-order valence-corrected chi connectivity index (χ3v) is 4.54. The van der Waals surface area contributed by atoms with Gasteiger partial charge in [0.25, 0.3) is 0 Å². The number of anilines is 1. The van der Waals surface area contributed by atoms with Crippen molar-refractivity contribution in [2.45, 2.75) is 26.3 Å². The maximum atomic E-state index is 12.3. The highest BCUT2D eigenvalue weighted by molar-refractivity contribution is 9.10. The van der Waals surface area contributed by atoms with Crippen LogP contribution in [0.25, 0.3) is 0 Å². The minimum Gasteiger partial charge on any atom is -0.480 e. The molecule has 2 rings (SSSR count). The van der Waals surface area contributed by atoms with E-state index < -0.39 is 23.8 Å². The molecule has 6 nitrogen and oxygen atoms in total. The second-order valence-corrected chi connectivity index (χ2v) is 6.78. The largest absolute Gasteiger partial charge is 0.480 e. The summed E-state index contributed by atoms with van der Waals surface area (Å²) in [5.74, 6) is -2.38. The highest BCUT2D eigenvalue weighted by Gasteiger charge is 2.37. The van der Waals surface area contributed by atoms with Crippen molar-refractivity contribution < 1.29 is 19.5 Å². The van der Waals surface area contributed by atoms with E-state index in [1.165, 1.54) is 0 Å². The van der Waals surface area contributed by atoms with Crippen LogP contribution in [0.4, 0.5) is 5.69 Å². The molecule has 1 aromatic rings. The molecular formula is C16H19BrN2O4. The van der Waals surface area contributed by atoms with E-state index in [0.717, 1.165) is 4.47 Å². The third-order valence-electron chi connectivity index (χ3n) is 3.87. The van der Waals surface area contributed by atoms with Gasteiger partial charge in [0.1, 0.15) is 6.04 Å². The van der Waals surface area contributed by atoms with Gasteiger partial charge in [-0.25, -0.2) is 4.79 Å². The Bertz CT molecular complexity index is 632. The van der Waals surface area contributed by atoms with Crippen LogP contribution >= 0.6 is 15.9 Å². The molecule has 2 amide bonds. The number of nitrogens with one attached hydrogen (secondary N) is 1. The SMILES string of the molecule is CC(C)[C@H](NC(=O)C1CC(=O)N(c2ccccc2Br)C1)C(=O)O. The molecule has 1 fully saturated rings. The van der Waals surface area contributed by atoms with E-state index >= 15 is 0 Å². The normalized spacial score (nSPS) is 19.0. The fourth-order valence-corrected chi connectivity index (χ4v) is 3.07. The Morgan fingerprint density at radius 3 is 2.57 bits per heavy atom. The number of aliphatic carboxylic acids is 1. The number of amides is 2. The van der Waals surface area contributed by atoms with Crippen LogP contribution in [-0.2, 0) is 14.4 Å². The summed E-state index contributed by atoms with van der Waals surface area (Å²) in [5.41, 5.74) is 0.714. The lowest BCUT2D eigenvalue weighted by Gasteiger charge is -2.21. The van der Waals surface area contributed by atoms with Gasteiger partial charge in [0.2, 0.25) is 11.8 Å². The number of carbonyl (C=O) groups is 3. The number of rotatable bonds is 5. The molecule has 2 N–H and O–H groups in total. The summed E-state index contributed by atoms with van der Waals surface area (Å²) in [4.78, 5) is 37.3. The molecule has 23 heavy (non-hydrogen) atoms. The van der Waals surface area contributed by atoms with Gasteiger partial charge in [-0.1, -0.05) is 26.0 Å². The van der Waals surface area contributed by atoms with Gasteiger partial charge in [0.15, 0.2) is 0 Å². The molecule has 1 aliphatic rings. The van der Waals surface area contributed by atoms with Crippen LogP contribution in [0, 0.1) is 11.8 Å². The summed E-state index contributed by atoms with van der Waals surface area (Å²) < 4.78 is 0.778. The van der Waals surface area contributed by atoms with E-state index in [1.807, 2.05) is 18.2 Å². The van der Waals surface area contributed by atoms with Crippen LogP contribution in [0.15, 0.2) is 28.7 Å². The average Bonchev–Trinajstić information content (AvgIpc) is 2.86. The van der Waals surface area contributed by atoms with Crippen LogP contribution in [0.3, 0.4) is 0 Å². The average molecular weight is 383 g/mol. The predicted molar refractivity (Wildman–Crippen MR) is 89.0 cm³/mol. The first-order chi connectivity index (χ1) is 10.8. The molecule has 0 aliphatic carbocycles. The van der Waals surface area contributed by atoms with Crippen molar-refractivity contribution in [1.29, 1.82) is 0 Å². The van der Waals surface area contributed by atoms with Gasteiger partial charge in [0, 0.05) is 17.4 Å². The van der Waals surface area contributed by atoms with Gasteiger partial charge in [-0.05, 0) is 34.0 Å². The molecule has 1 heterocycles. The third kappa shape index (κ3) is 3.90. The van der Waals surface area contributed by atoms with E-state index in [4.69, 9.17) is 5.11 Å². The molecule has 0 bridgehead atoms. The van der Waals surface area contributed by atoms with Crippen molar-refractivity contribution in [2.24, 2.45) is 11.8 Å². The molecule has 0 saturated carbocycles. The maximum Gasteiger partial charge on any atom is 0.326 e. The van der Waals surface area contributed by atoms with Gasteiger partial charge in [-0.2, -0.15) is 0 Å². The number of carbonyl (C=O) groups excluding carboxylic acids is 2. The molecular weight excluding hydrogens is 364 g/mol. The van der Waals surface area contributed by atoms with Gasteiger partial charge in [0.05, 0.1) is 11.6 Å². The summed E-state index contributed by atoms with van der Waals surface area (Å²) >= 11 is 3.40. The van der Waals surface area contributed by atoms with Crippen LogP contribution in [0.5, 0.6) is 0 Å². The number of para-hydroxylation sites is 1. The van der Waals surface area contributed by atoms with E-state index in [-0.39, 0.29) is 24.8 Å². The molecule has 2 atom stereocenters. The second kappa shape index (κ2) is 7.12. The monoisotopic (exact) mass is 382 g/mol. The topological polar surface area (TPSA) is 86.7 Å². The number of benzene rings is 1. The minimum atomic E-state index is -1.07. The molecule has 1 saturated heterocycles. The van der Waals surface area contributed by atoms with Crippen LogP contribution in [-0.4, -0.2) is 35.5 Å². The van der Waals surface area contributed by atoms with Crippen molar-refractivity contribution in [3.63, 3.8) is 0 Å². The molecule has 1 aliphatic heterocycles. The first kappa shape index (κ1) is 17.5. The Balaban J connectivity index is 2.09. The lowest BCUT2D eigenvalue weighted by atomic mass is 10.0. The van der Waals surface area contributed by atoms with Crippen LogP contribution < -0.4 is 10.2 Å². The molecule has 1 unspecified atom stereocenters. The summed E-state index contributed by atoms with van der Waals surface area (Å²) in [7, 11) is 0. The lowest BCUT2D eigenvalue weighted by Crippen LogP contribution is -2.47. The van der Waals surface area contributed by atoms with E-state index in [9.17, 15) is 14.4 Å². The van der Waals surface area contributed by atoms with Crippen molar-refractivity contribution in [1.82, 2.24) is 5.32 Å². The van der Waals surface area contributed by atoms with Gasteiger partial charge >= 0.3 is 5.97 Å². The van der Waals surface area contributed by atoms with Crippen molar-refractivity contribution in [2.75, 3.05) is 11.4 Å². The Morgan fingerprint density at radius 1 is 1.35 bits per heavy atom. The zero-order valence-corrected chi connectivity index (χ0v) is 14.5. The Kier molecular flexibility index (Phi) is 5.41. The first-order valence-corrected chi connectivity index (χ1v) is 8.18. The fourth-order valence-electron chi connectivity index (χ4n) is 2.57. The molecule has 0 aromatic heterocycles. The summed E-state index contributed by atoms with van der Waals surface area (Å²) in [6.45, 7) is 3.70. The molecule has 1 aromatic carbocycles. The number of hydrogen-bond acceptors (Lipinski definition) is 3. The van der Waals surface area contributed by atoms with Crippen molar-refractivity contribution in [3.8, 4) is 0 Å². The predicted octanol–water partition coefficient (Wildman–Crippen LogP) is 2.03. The quantitative estimate of drug-likeness (QED) is 0.815. The standard InChI is InChI=1S/C16H19BrN2O4/c1-9(2)14(16(22)23)18-15(21)10-7-13(20)19(8-10)12-6-4-3-5-11(12)17/h3-6,9-10,14H,7-8H2,1-2H3,(H,18,21)(H,22,23)/t10?,14-/m0/s1. The van der Waals surface area contributed by atoms with Gasteiger partial charge < -0.3 is 15.3 Å². The Morgan fingerprint density at radius 2 is 2.00 bits per heavy atom. The van der Waals surface area contributed by atoms with E-state index in [2.05, 4.69) is 21.2 Å². The van der Waals surface area contributed by atoms with Gasteiger partial charge in [-0.3, -0.25) is 9.59 Å². The second-order valence-electron chi connectivity index (χ2n) is 5.93. The highest BCUT2D eigenvalue weighted by Crippen LogP contribution is 2.31. The molecule has 7 heteroatoms. The highest BCUT2D eigenvalue weighted by atomic mass is 79.9. The Labute approximate surface area is 143 Å². The van der Waals surface area contributed by atoms with Crippen LogP contribution in [0.2, 0.25) is 0 Å². The lowest BCUT2D eigenvalue weighted by molar-refractivity contribution is -0.143. The van der Waals surface area contributed by atoms with E-state index in [0.29, 0.717) is 5.69 Å². The van der Waals surface area contributed by atoms with Crippen molar-refractivity contribution >= 4 is 39.4 Å².